The normalized spacial score (nSPS) is 24.5. The lowest BCUT2D eigenvalue weighted by molar-refractivity contribution is 0.325. The van der Waals surface area contributed by atoms with Crippen LogP contribution in [0.25, 0.3) is 16.8 Å². The van der Waals surface area contributed by atoms with Gasteiger partial charge in [0.2, 0.25) is 0 Å². The molecule has 6 heteroatoms. The van der Waals surface area contributed by atoms with Gasteiger partial charge in [0.25, 0.3) is 0 Å². The van der Waals surface area contributed by atoms with E-state index < -0.39 is 0 Å². The van der Waals surface area contributed by atoms with Gasteiger partial charge in [-0.25, -0.2) is 9.67 Å². The zero-order valence-electron chi connectivity index (χ0n) is 17.3. The number of pyridine rings is 1. The molecule has 0 aliphatic carbocycles. The monoisotopic (exact) mass is 401 g/mol. The van der Waals surface area contributed by atoms with E-state index in [1.165, 1.54) is 31.2 Å². The van der Waals surface area contributed by atoms with Crippen LogP contribution in [0.2, 0.25) is 0 Å². The molecule has 3 atom stereocenters. The molecule has 0 saturated carbocycles. The zero-order valence-corrected chi connectivity index (χ0v) is 17.3. The maximum atomic E-state index is 6.12. The smallest absolute Gasteiger partial charge is 0.129 e. The average molecular weight is 402 g/mol. The first kappa shape index (κ1) is 18.0. The van der Waals surface area contributed by atoms with E-state index in [1.54, 1.807) is 6.20 Å². The number of benzene rings is 1. The van der Waals surface area contributed by atoms with Gasteiger partial charge in [-0.1, -0.05) is 0 Å². The molecular weight excluding hydrogens is 374 g/mol. The fourth-order valence-corrected chi connectivity index (χ4v) is 5.33. The molecule has 3 aliphatic heterocycles. The number of hydrogen-bond donors (Lipinski definition) is 1. The molecular formula is C24H27N5O. The van der Waals surface area contributed by atoms with E-state index in [2.05, 4.69) is 52.7 Å². The quantitative estimate of drug-likeness (QED) is 0.727. The molecule has 2 bridgehead atoms. The molecule has 3 aliphatic rings. The largest absolute Gasteiger partial charge is 0.492 e. The van der Waals surface area contributed by atoms with E-state index in [0.29, 0.717) is 24.7 Å². The van der Waals surface area contributed by atoms with Gasteiger partial charge in [0.05, 0.1) is 18.0 Å². The molecule has 0 radical (unpaired) electrons. The van der Waals surface area contributed by atoms with Gasteiger partial charge in [0.1, 0.15) is 11.6 Å². The van der Waals surface area contributed by atoms with Crippen LogP contribution in [0, 0.1) is 0 Å². The van der Waals surface area contributed by atoms with Crippen molar-refractivity contribution < 1.29 is 4.74 Å². The molecule has 30 heavy (non-hydrogen) atoms. The number of aromatic nitrogens is 3. The second-order valence-electron chi connectivity index (χ2n) is 8.77. The molecule has 1 aromatic carbocycles. The predicted octanol–water partition coefficient (Wildman–Crippen LogP) is 3.59. The van der Waals surface area contributed by atoms with Gasteiger partial charge in [-0.05, 0) is 56.0 Å². The lowest BCUT2D eigenvalue weighted by atomic mass is 9.98. The summed E-state index contributed by atoms with van der Waals surface area (Å²) in [5.41, 5.74) is 4.42. The third-order valence-electron chi connectivity index (χ3n) is 6.94. The number of ether oxygens (including phenoxy) is 1. The van der Waals surface area contributed by atoms with Crippen molar-refractivity contribution in [2.45, 2.75) is 50.2 Å². The number of hydrogen-bond acceptors (Lipinski definition) is 5. The Morgan fingerprint density at radius 2 is 1.93 bits per heavy atom. The first-order valence-electron chi connectivity index (χ1n) is 11.0. The van der Waals surface area contributed by atoms with Crippen LogP contribution in [0.3, 0.4) is 0 Å². The molecule has 5 heterocycles. The molecule has 2 aromatic heterocycles. The standard InChI is InChI=1S/C24H27N5O/c1-28(19-13-16-3-4-17(14-19)26-16)24-8-7-20-21-6-5-18(29-11-2-10-25-29)15-23(21)30-12-9-22(20)27-24/h2,5-8,10-11,15-17,19,26H,3-4,9,12-14H2,1H3/t16-,17+,19-. The molecule has 1 N–H and O–H groups in total. The topological polar surface area (TPSA) is 55.2 Å². The number of nitrogens with zero attached hydrogens (tertiary/aromatic N) is 4. The number of piperidine rings is 1. The Balaban J connectivity index is 1.31. The van der Waals surface area contributed by atoms with Crippen LogP contribution in [0.4, 0.5) is 5.82 Å². The lowest BCUT2D eigenvalue weighted by Crippen LogP contribution is -2.47. The van der Waals surface area contributed by atoms with Crippen molar-refractivity contribution >= 4 is 5.82 Å². The third kappa shape index (κ3) is 3.06. The number of nitrogens with one attached hydrogen (secondary N) is 1. The summed E-state index contributed by atoms with van der Waals surface area (Å²) in [6, 6.07) is 14.6. The van der Waals surface area contributed by atoms with Crippen molar-refractivity contribution in [3.63, 3.8) is 0 Å². The maximum absolute atomic E-state index is 6.12. The van der Waals surface area contributed by atoms with Crippen molar-refractivity contribution in [1.29, 1.82) is 0 Å². The summed E-state index contributed by atoms with van der Waals surface area (Å²) >= 11 is 0. The van der Waals surface area contributed by atoms with Crippen molar-refractivity contribution in [3.05, 3.63) is 54.5 Å². The highest BCUT2D eigenvalue weighted by atomic mass is 16.5. The van der Waals surface area contributed by atoms with Crippen LogP contribution in [0.1, 0.15) is 31.4 Å². The van der Waals surface area contributed by atoms with Crippen LogP contribution >= 0.6 is 0 Å². The average Bonchev–Trinajstić information content (AvgIpc) is 3.38. The first-order chi connectivity index (χ1) is 14.7. The molecule has 0 amide bonds. The van der Waals surface area contributed by atoms with Gasteiger partial charge < -0.3 is 15.0 Å². The summed E-state index contributed by atoms with van der Waals surface area (Å²) in [6.45, 7) is 0.639. The summed E-state index contributed by atoms with van der Waals surface area (Å²) in [5, 5.41) is 8.07. The van der Waals surface area contributed by atoms with E-state index in [0.717, 1.165) is 34.9 Å². The van der Waals surface area contributed by atoms with Crippen LogP contribution < -0.4 is 15.0 Å². The van der Waals surface area contributed by atoms with Crippen molar-refractivity contribution in [1.82, 2.24) is 20.1 Å². The lowest BCUT2D eigenvalue weighted by Gasteiger charge is -2.36. The SMILES string of the molecule is CN(c1ccc2c(n1)CCOc1cc(-n3cccn3)ccc1-2)[C@@H]1C[C@H]2CC[C@@H](C1)N2. The van der Waals surface area contributed by atoms with Gasteiger partial charge in [0.15, 0.2) is 0 Å². The molecule has 2 fully saturated rings. The minimum absolute atomic E-state index is 0.570. The minimum Gasteiger partial charge on any atom is -0.492 e. The van der Waals surface area contributed by atoms with Gasteiger partial charge in [-0.3, -0.25) is 0 Å². The number of fused-ring (bicyclic) bond motifs is 5. The predicted molar refractivity (Wildman–Crippen MR) is 117 cm³/mol. The highest BCUT2D eigenvalue weighted by Crippen LogP contribution is 2.38. The third-order valence-corrected chi connectivity index (χ3v) is 6.94. The van der Waals surface area contributed by atoms with Gasteiger partial charge >= 0.3 is 0 Å². The number of rotatable bonds is 3. The molecule has 6 rings (SSSR count). The van der Waals surface area contributed by atoms with Crippen LogP contribution in [0.5, 0.6) is 5.75 Å². The molecule has 154 valence electrons. The maximum Gasteiger partial charge on any atom is 0.129 e. The summed E-state index contributed by atoms with van der Waals surface area (Å²) in [4.78, 5) is 7.50. The summed E-state index contributed by atoms with van der Waals surface area (Å²) in [7, 11) is 2.21. The van der Waals surface area contributed by atoms with E-state index in [9.17, 15) is 0 Å². The summed E-state index contributed by atoms with van der Waals surface area (Å²) in [6.07, 6.45) is 9.63. The second kappa shape index (κ2) is 7.13. The second-order valence-corrected chi connectivity index (χ2v) is 8.77. The van der Waals surface area contributed by atoms with Gasteiger partial charge in [0, 0.05) is 61.2 Å². The Labute approximate surface area is 176 Å². The highest BCUT2D eigenvalue weighted by molar-refractivity contribution is 5.75. The van der Waals surface area contributed by atoms with Crippen molar-refractivity contribution in [3.8, 4) is 22.6 Å². The first-order valence-corrected chi connectivity index (χ1v) is 11.0. The molecule has 6 nitrogen and oxygen atoms in total. The van der Waals surface area contributed by atoms with E-state index in [1.807, 2.05) is 16.9 Å². The van der Waals surface area contributed by atoms with Crippen molar-refractivity contribution in [2.75, 3.05) is 18.6 Å². The molecule has 3 aromatic rings. The van der Waals surface area contributed by atoms with E-state index in [-0.39, 0.29) is 0 Å². The van der Waals surface area contributed by atoms with Gasteiger partial charge in [-0.2, -0.15) is 5.10 Å². The Morgan fingerprint density at radius 3 is 2.73 bits per heavy atom. The van der Waals surface area contributed by atoms with Crippen molar-refractivity contribution in [2.24, 2.45) is 0 Å². The Hall–Kier alpha value is -2.86. The fourth-order valence-electron chi connectivity index (χ4n) is 5.33. The van der Waals surface area contributed by atoms with Crippen LogP contribution in [0.15, 0.2) is 48.8 Å². The molecule has 0 spiro atoms. The van der Waals surface area contributed by atoms with Gasteiger partial charge in [-0.15, -0.1) is 0 Å². The van der Waals surface area contributed by atoms with E-state index >= 15 is 0 Å². The minimum atomic E-state index is 0.570. The van der Waals surface area contributed by atoms with Crippen LogP contribution in [-0.4, -0.2) is 46.5 Å². The Morgan fingerprint density at radius 1 is 1.10 bits per heavy atom. The summed E-state index contributed by atoms with van der Waals surface area (Å²) < 4.78 is 7.98. The molecule has 2 saturated heterocycles. The highest BCUT2D eigenvalue weighted by Gasteiger charge is 2.35. The summed E-state index contributed by atoms with van der Waals surface area (Å²) in [5.74, 6) is 1.98. The van der Waals surface area contributed by atoms with E-state index in [4.69, 9.17) is 9.72 Å². The fraction of sp³-hybridized carbons (Fsp3) is 0.417. The molecule has 0 unspecified atom stereocenters. The Kier molecular flexibility index (Phi) is 4.27. The number of anilines is 1. The van der Waals surface area contributed by atoms with Crippen LogP contribution in [-0.2, 0) is 6.42 Å². The zero-order chi connectivity index (χ0) is 20.1. The Bertz CT molecular complexity index is 1050.